The number of hydrogen-bond donors (Lipinski definition) is 1. The maximum atomic E-state index is 12.5. The molecule has 2 aromatic carbocycles. The van der Waals surface area contributed by atoms with Crippen molar-refractivity contribution in [3.8, 4) is 0 Å². The number of Topliss-reactive ketones (excluding diaryl/α,β-unsaturated/α-hetero) is 1. The maximum Gasteiger partial charge on any atom is 0.329 e. The van der Waals surface area contributed by atoms with E-state index in [-0.39, 0.29) is 16.4 Å². The minimum Gasteiger partial charge on any atom is -0.456 e. The third-order valence-corrected chi connectivity index (χ3v) is 5.57. The predicted molar refractivity (Wildman–Crippen MR) is 112 cm³/mol. The third-order valence-electron chi connectivity index (χ3n) is 4.44. The average Bonchev–Trinajstić information content (AvgIpc) is 2.69. The molecule has 1 amide bonds. The molecule has 0 aliphatic rings. The monoisotopic (exact) mass is 431 g/mol. The summed E-state index contributed by atoms with van der Waals surface area (Å²) in [6.07, 6.45) is 1.07. The number of ether oxygens (including phenoxy) is 1. The minimum absolute atomic E-state index is 0.0924. The van der Waals surface area contributed by atoms with Gasteiger partial charge in [0.2, 0.25) is 0 Å². The summed E-state index contributed by atoms with van der Waals surface area (Å²) >= 11 is 0. The average molecular weight is 432 g/mol. The Morgan fingerprint density at radius 2 is 1.63 bits per heavy atom. The van der Waals surface area contributed by atoms with Gasteiger partial charge in [-0.15, -0.1) is 0 Å². The smallest absolute Gasteiger partial charge is 0.329 e. The molecule has 1 N–H and O–H groups in total. The summed E-state index contributed by atoms with van der Waals surface area (Å²) in [4.78, 5) is 37.3. The zero-order valence-electron chi connectivity index (χ0n) is 17.3. The van der Waals surface area contributed by atoms with Gasteiger partial charge >= 0.3 is 5.97 Å². The summed E-state index contributed by atoms with van der Waals surface area (Å²) in [5.74, 6) is -1.85. The summed E-state index contributed by atoms with van der Waals surface area (Å²) < 4.78 is 28.1. The first-order chi connectivity index (χ1) is 14.0. The van der Waals surface area contributed by atoms with Gasteiger partial charge in [-0.3, -0.25) is 9.59 Å². The Morgan fingerprint density at radius 1 is 1.00 bits per heavy atom. The number of hydrogen-bond acceptors (Lipinski definition) is 6. The molecule has 160 valence electrons. The Balaban J connectivity index is 2.01. The molecular weight excluding hydrogens is 406 g/mol. The molecule has 0 radical (unpaired) electrons. The van der Waals surface area contributed by atoms with Crippen LogP contribution < -0.4 is 5.32 Å². The van der Waals surface area contributed by atoms with Crippen LogP contribution in [0.1, 0.15) is 40.1 Å². The Kier molecular flexibility index (Phi) is 7.50. The van der Waals surface area contributed by atoms with E-state index in [1.165, 1.54) is 24.3 Å². The molecule has 0 spiro atoms. The molecule has 1 atom stereocenters. The molecule has 0 fully saturated rings. The van der Waals surface area contributed by atoms with Gasteiger partial charge in [0.15, 0.2) is 22.2 Å². The molecular formula is C22H25NO6S. The Labute approximate surface area is 176 Å². The number of benzene rings is 2. The lowest BCUT2D eigenvalue weighted by Gasteiger charge is -2.21. The molecule has 7 nitrogen and oxygen atoms in total. The molecule has 30 heavy (non-hydrogen) atoms. The summed E-state index contributed by atoms with van der Waals surface area (Å²) in [7, 11) is -3.37. The van der Waals surface area contributed by atoms with Gasteiger partial charge in [-0.05, 0) is 49.2 Å². The quantitative estimate of drug-likeness (QED) is 0.509. The van der Waals surface area contributed by atoms with Crippen LogP contribution in [-0.2, 0) is 19.4 Å². The van der Waals surface area contributed by atoms with Gasteiger partial charge in [0.25, 0.3) is 5.91 Å². The van der Waals surface area contributed by atoms with Gasteiger partial charge in [-0.2, -0.15) is 0 Å². The predicted octanol–water partition coefficient (Wildman–Crippen LogP) is 2.58. The second kappa shape index (κ2) is 9.67. The first-order valence-electron chi connectivity index (χ1n) is 9.36. The van der Waals surface area contributed by atoms with Crippen LogP contribution in [0.3, 0.4) is 0 Å². The van der Waals surface area contributed by atoms with Gasteiger partial charge in [-0.25, -0.2) is 13.2 Å². The van der Waals surface area contributed by atoms with Crippen LogP contribution in [0, 0.1) is 12.8 Å². The highest BCUT2D eigenvalue weighted by atomic mass is 32.2. The summed E-state index contributed by atoms with van der Waals surface area (Å²) in [6.45, 7) is 4.86. The van der Waals surface area contributed by atoms with Crippen LogP contribution in [0.25, 0.3) is 0 Å². The first kappa shape index (κ1) is 23.3. The Bertz CT molecular complexity index is 1040. The SMILES string of the molecule is Cc1cccc(C(=O)N[C@H](C(=O)OCC(=O)c2ccc(S(C)(=O)=O)cc2)C(C)C)c1. The van der Waals surface area contributed by atoms with E-state index >= 15 is 0 Å². The first-order valence-corrected chi connectivity index (χ1v) is 11.3. The van der Waals surface area contributed by atoms with Crippen molar-refractivity contribution < 1.29 is 27.5 Å². The number of sulfone groups is 1. The lowest BCUT2D eigenvalue weighted by atomic mass is 10.0. The fraction of sp³-hybridized carbons (Fsp3) is 0.318. The number of esters is 1. The highest BCUT2D eigenvalue weighted by Crippen LogP contribution is 2.12. The molecule has 0 bridgehead atoms. The van der Waals surface area contributed by atoms with Crippen LogP contribution in [0.2, 0.25) is 0 Å². The molecule has 0 heterocycles. The van der Waals surface area contributed by atoms with E-state index in [9.17, 15) is 22.8 Å². The van der Waals surface area contributed by atoms with Crippen molar-refractivity contribution in [2.45, 2.75) is 31.7 Å². The van der Waals surface area contributed by atoms with E-state index in [1.54, 1.807) is 32.0 Å². The highest BCUT2D eigenvalue weighted by molar-refractivity contribution is 7.90. The maximum absolute atomic E-state index is 12.5. The van der Waals surface area contributed by atoms with Crippen molar-refractivity contribution >= 4 is 27.5 Å². The zero-order chi connectivity index (χ0) is 22.5. The second-order valence-electron chi connectivity index (χ2n) is 7.39. The normalized spacial score (nSPS) is 12.3. The Hall–Kier alpha value is -3.00. The van der Waals surface area contributed by atoms with Crippen LogP contribution in [0.15, 0.2) is 53.4 Å². The molecule has 0 aromatic heterocycles. The van der Waals surface area contributed by atoms with Crippen molar-refractivity contribution in [2.24, 2.45) is 5.92 Å². The fourth-order valence-electron chi connectivity index (χ4n) is 2.71. The lowest BCUT2D eigenvalue weighted by molar-refractivity contribution is -0.145. The molecule has 0 saturated heterocycles. The Morgan fingerprint density at radius 3 is 2.17 bits per heavy atom. The molecule has 0 unspecified atom stereocenters. The molecule has 0 aliphatic carbocycles. The molecule has 0 aliphatic heterocycles. The van der Waals surface area contributed by atoms with E-state index in [0.29, 0.717) is 5.56 Å². The molecule has 2 aromatic rings. The summed E-state index contributed by atoms with van der Waals surface area (Å²) in [5, 5.41) is 2.66. The van der Waals surface area contributed by atoms with E-state index in [0.717, 1.165) is 11.8 Å². The number of nitrogens with one attached hydrogen (secondary N) is 1. The number of rotatable bonds is 8. The van der Waals surface area contributed by atoms with Gasteiger partial charge in [-0.1, -0.05) is 31.5 Å². The number of amides is 1. The van der Waals surface area contributed by atoms with E-state index in [4.69, 9.17) is 4.74 Å². The lowest BCUT2D eigenvalue weighted by Crippen LogP contribution is -2.45. The largest absolute Gasteiger partial charge is 0.456 e. The number of aryl methyl sites for hydroxylation is 1. The summed E-state index contributed by atoms with van der Waals surface area (Å²) in [5.41, 5.74) is 1.56. The van der Waals surface area contributed by atoms with Crippen molar-refractivity contribution in [1.82, 2.24) is 5.32 Å². The van der Waals surface area contributed by atoms with E-state index in [2.05, 4.69) is 5.32 Å². The fourth-order valence-corrected chi connectivity index (χ4v) is 3.34. The molecule has 8 heteroatoms. The topological polar surface area (TPSA) is 107 Å². The third kappa shape index (κ3) is 6.25. The van der Waals surface area contributed by atoms with Gasteiger partial charge in [0.1, 0.15) is 6.04 Å². The van der Waals surface area contributed by atoms with Crippen molar-refractivity contribution in [2.75, 3.05) is 12.9 Å². The van der Waals surface area contributed by atoms with Gasteiger partial charge < -0.3 is 10.1 Å². The molecule has 0 saturated carbocycles. The summed E-state index contributed by atoms with van der Waals surface area (Å²) in [6, 6.07) is 11.4. The molecule has 2 rings (SSSR count). The van der Waals surface area contributed by atoms with Gasteiger partial charge in [0.05, 0.1) is 4.90 Å². The van der Waals surface area contributed by atoms with Crippen LogP contribution in [0.4, 0.5) is 0 Å². The van der Waals surface area contributed by atoms with Crippen LogP contribution in [0.5, 0.6) is 0 Å². The number of carbonyl (C=O) groups is 3. The standard InChI is InChI=1S/C22H25NO6S/c1-14(2)20(23-21(25)17-7-5-6-15(3)12-17)22(26)29-13-19(24)16-8-10-18(11-9-16)30(4,27)28/h5-12,14,20H,13H2,1-4H3,(H,23,25)/t20-/m0/s1. The van der Waals surface area contributed by atoms with Crippen molar-refractivity contribution in [3.05, 3.63) is 65.2 Å². The van der Waals surface area contributed by atoms with E-state index < -0.39 is 40.1 Å². The van der Waals surface area contributed by atoms with Crippen LogP contribution in [-0.4, -0.2) is 45.0 Å². The highest BCUT2D eigenvalue weighted by Gasteiger charge is 2.27. The van der Waals surface area contributed by atoms with Gasteiger partial charge in [0, 0.05) is 17.4 Å². The number of carbonyl (C=O) groups excluding carboxylic acids is 3. The van der Waals surface area contributed by atoms with Crippen molar-refractivity contribution in [1.29, 1.82) is 0 Å². The van der Waals surface area contributed by atoms with Crippen LogP contribution >= 0.6 is 0 Å². The van der Waals surface area contributed by atoms with Crippen molar-refractivity contribution in [3.63, 3.8) is 0 Å². The minimum atomic E-state index is -3.37. The van der Waals surface area contributed by atoms with E-state index in [1.807, 2.05) is 13.0 Å². The second-order valence-corrected chi connectivity index (χ2v) is 9.41. The number of ketones is 1. The zero-order valence-corrected chi connectivity index (χ0v) is 18.2.